The lowest BCUT2D eigenvalue weighted by Gasteiger charge is -2.64. The molecule has 15 atom stereocenters. The standard InChI is InChI=1S/C36H60O7/c1-19(2)20(3)9-10-21(4)27-23(38)16-34(8)25-15-22(37)30-32(5,6)26(43-31-29(41)28(40)24(39)17-42-31)11-12-36(30)18-35(25,36)14-13-33(27,34)7/h19,21-31,37-41H,3,9-18H2,1-2,4-8H3/t21-,22-,23+,24-,25+,26+,27+,28+,29-,30+,31+,33-,34+,35+,36-/m1/s1. The molecule has 5 aliphatic carbocycles. The lowest BCUT2D eigenvalue weighted by molar-refractivity contribution is -0.306. The van der Waals surface area contributed by atoms with Gasteiger partial charge in [-0.25, -0.2) is 0 Å². The molecule has 5 N–H and O–H groups in total. The van der Waals surface area contributed by atoms with Crippen molar-refractivity contribution in [3.8, 4) is 0 Å². The van der Waals surface area contributed by atoms with Crippen LogP contribution in [0.25, 0.3) is 0 Å². The van der Waals surface area contributed by atoms with E-state index in [-0.39, 0.29) is 57.7 Å². The smallest absolute Gasteiger partial charge is 0.186 e. The number of aliphatic hydroxyl groups excluding tert-OH is 5. The van der Waals surface area contributed by atoms with Gasteiger partial charge < -0.3 is 35.0 Å². The first-order valence-corrected chi connectivity index (χ1v) is 17.3. The molecule has 0 aromatic rings. The van der Waals surface area contributed by atoms with Crippen molar-refractivity contribution in [1.29, 1.82) is 0 Å². The molecule has 0 unspecified atom stereocenters. The topological polar surface area (TPSA) is 120 Å². The number of hydrogen-bond donors (Lipinski definition) is 5. The Balaban J connectivity index is 1.23. The summed E-state index contributed by atoms with van der Waals surface area (Å²) in [5.41, 5.74) is 1.21. The normalized spacial score (nSPS) is 54.3. The van der Waals surface area contributed by atoms with Gasteiger partial charge in [0, 0.05) is 0 Å². The van der Waals surface area contributed by atoms with Crippen molar-refractivity contribution in [3.05, 3.63) is 12.2 Å². The van der Waals surface area contributed by atoms with E-state index < -0.39 is 30.7 Å². The fourth-order valence-corrected chi connectivity index (χ4v) is 12.7. The number of rotatable bonds is 7. The van der Waals surface area contributed by atoms with Crippen LogP contribution in [-0.4, -0.2) is 75.1 Å². The lowest BCUT2D eigenvalue weighted by Crippen LogP contribution is -2.62. The average Bonchev–Trinajstić information content (AvgIpc) is 3.52. The molecule has 0 aromatic heterocycles. The minimum atomic E-state index is -1.31. The Morgan fingerprint density at radius 1 is 0.884 bits per heavy atom. The molecule has 6 fully saturated rings. The molecule has 2 spiro atoms. The monoisotopic (exact) mass is 604 g/mol. The maximum absolute atomic E-state index is 12.1. The number of hydrogen-bond acceptors (Lipinski definition) is 7. The lowest BCUT2D eigenvalue weighted by atomic mass is 9.41. The van der Waals surface area contributed by atoms with Gasteiger partial charge in [0.15, 0.2) is 6.29 Å². The Kier molecular flexibility index (Phi) is 7.90. The van der Waals surface area contributed by atoms with Crippen molar-refractivity contribution in [2.24, 2.45) is 56.7 Å². The second-order valence-corrected chi connectivity index (χ2v) is 17.5. The molecule has 0 radical (unpaired) electrons. The Bertz CT molecular complexity index is 1090. The van der Waals surface area contributed by atoms with E-state index in [0.29, 0.717) is 17.8 Å². The van der Waals surface area contributed by atoms with Crippen LogP contribution in [0.3, 0.4) is 0 Å². The summed E-state index contributed by atoms with van der Waals surface area (Å²) >= 11 is 0. The molecule has 6 aliphatic rings. The van der Waals surface area contributed by atoms with Gasteiger partial charge in [-0.3, -0.25) is 0 Å². The highest BCUT2D eigenvalue weighted by atomic mass is 16.7. The summed E-state index contributed by atoms with van der Waals surface area (Å²) in [6, 6.07) is 0. The van der Waals surface area contributed by atoms with Crippen LogP contribution >= 0.6 is 0 Å². The largest absolute Gasteiger partial charge is 0.393 e. The first-order valence-electron chi connectivity index (χ1n) is 17.3. The van der Waals surface area contributed by atoms with Gasteiger partial charge in [-0.15, -0.1) is 0 Å². The van der Waals surface area contributed by atoms with Gasteiger partial charge in [0.05, 0.1) is 24.9 Å². The van der Waals surface area contributed by atoms with E-state index in [4.69, 9.17) is 9.47 Å². The SMILES string of the molecule is C=C(CC[C@@H](C)[C@H]1[C@@H](O)C[C@@]2(C)[C@@H]3C[C@@H](O)[C@H]4C(C)(C)[C@@H](O[C@@H]5OC[C@@H](O)[C@H](O)[C@H]5O)CC[C@@]45C[C@@]35CC[C@]12C)C(C)C. The molecule has 0 bridgehead atoms. The number of allylic oxidation sites excluding steroid dienone is 1. The van der Waals surface area contributed by atoms with Gasteiger partial charge in [0.2, 0.25) is 0 Å². The molecule has 1 saturated heterocycles. The van der Waals surface area contributed by atoms with Crippen LogP contribution in [0.4, 0.5) is 0 Å². The molecule has 7 nitrogen and oxygen atoms in total. The van der Waals surface area contributed by atoms with Crippen LogP contribution in [0.1, 0.15) is 106 Å². The second-order valence-electron chi connectivity index (χ2n) is 17.5. The zero-order chi connectivity index (χ0) is 31.5. The van der Waals surface area contributed by atoms with Crippen molar-refractivity contribution in [2.45, 2.75) is 149 Å². The Morgan fingerprint density at radius 3 is 2.26 bits per heavy atom. The summed E-state index contributed by atoms with van der Waals surface area (Å²) in [5, 5.41) is 54.5. The van der Waals surface area contributed by atoms with E-state index in [1.807, 2.05) is 0 Å². The predicted molar refractivity (Wildman–Crippen MR) is 165 cm³/mol. The molecule has 6 rings (SSSR count). The molecule has 5 saturated carbocycles. The van der Waals surface area contributed by atoms with Crippen LogP contribution in [0.2, 0.25) is 0 Å². The summed E-state index contributed by atoms with van der Waals surface area (Å²) in [6.45, 7) is 20.4. The van der Waals surface area contributed by atoms with Crippen molar-refractivity contribution in [3.63, 3.8) is 0 Å². The van der Waals surface area contributed by atoms with Gasteiger partial charge in [-0.1, -0.05) is 60.6 Å². The Morgan fingerprint density at radius 2 is 1.58 bits per heavy atom. The molecule has 7 heteroatoms. The molecule has 43 heavy (non-hydrogen) atoms. The zero-order valence-corrected chi connectivity index (χ0v) is 27.8. The number of ether oxygens (including phenoxy) is 2. The van der Waals surface area contributed by atoms with Gasteiger partial charge in [-0.05, 0) is 114 Å². The van der Waals surface area contributed by atoms with Crippen molar-refractivity contribution in [1.82, 2.24) is 0 Å². The third-order valence-corrected chi connectivity index (χ3v) is 15.2. The first-order chi connectivity index (χ1) is 20.0. The average molecular weight is 605 g/mol. The third-order valence-electron chi connectivity index (χ3n) is 15.2. The van der Waals surface area contributed by atoms with Crippen LogP contribution < -0.4 is 0 Å². The molecule has 1 heterocycles. The van der Waals surface area contributed by atoms with E-state index in [1.165, 1.54) is 5.57 Å². The van der Waals surface area contributed by atoms with Crippen molar-refractivity contribution < 1.29 is 35.0 Å². The van der Waals surface area contributed by atoms with Gasteiger partial charge in [-0.2, -0.15) is 0 Å². The van der Waals surface area contributed by atoms with Crippen LogP contribution in [0.5, 0.6) is 0 Å². The Labute approximate surface area is 259 Å². The highest BCUT2D eigenvalue weighted by Gasteiger charge is 2.84. The van der Waals surface area contributed by atoms with Gasteiger partial charge >= 0.3 is 0 Å². The maximum atomic E-state index is 12.1. The van der Waals surface area contributed by atoms with E-state index in [1.54, 1.807) is 0 Å². The summed E-state index contributed by atoms with van der Waals surface area (Å²) in [5.74, 6) is 1.63. The molecular weight excluding hydrogens is 544 g/mol. The summed E-state index contributed by atoms with van der Waals surface area (Å²) in [6.07, 6.45) is 3.15. The fourth-order valence-electron chi connectivity index (χ4n) is 12.7. The predicted octanol–water partition coefficient (Wildman–Crippen LogP) is 4.82. The molecule has 0 amide bonds. The van der Waals surface area contributed by atoms with E-state index in [9.17, 15) is 25.5 Å². The third kappa shape index (κ3) is 4.38. The number of aliphatic hydroxyl groups is 5. The minimum Gasteiger partial charge on any atom is -0.393 e. The second kappa shape index (κ2) is 10.5. The van der Waals surface area contributed by atoms with Crippen molar-refractivity contribution >= 4 is 0 Å². The Hall–Kier alpha value is -0.540. The molecule has 0 aromatic carbocycles. The summed E-state index contributed by atoms with van der Waals surface area (Å²) < 4.78 is 12.0. The molecular formula is C36H60O7. The van der Waals surface area contributed by atoms with Crippen molar-refractivity contribution in [2.75, 3.05) is 6.61 Å². The fraction of sp³-hybridized carbons (Fsp3) is 0.944. The molecule has 246 valence electrons. The molecule has 1 aliphatic heterocycles. The van der Waals surface area contributed by atoms with E-state index >= 15 is 0 Å². The highest BCUT2D eigenvalue weighted by molar-refractivity contribution is 5.32. The zero-order valence-electron chi connectivity index (χ0n) is 27.8. The summed E-state index contributed by atoms with van der Waals surface area (Å²) in [4.78, 5) is 0. The van der Waals surface area contributed by atoms with E-state index in [2.05, 4.69) is 55.0 Å². The first kappa shape index (κ1) is 32.4. The van der Waals surface area contributed by atoms with Crippen LogP contribution in [0, 0.1) is 56.7 Å². The quantitative estimate of drug-likeness (QED) is 0.209. The summed E-state index contributed by atoms with van der Waals surface area (Å²) in [7, 11) is 0. The highest BCUT2D eigenvalue weighted by Crippen LogP contribution is 2.89. The van der Waals surface area contributed by atoms with E-state index in [0.717, 1.165) is 57.8 Å². The van der Waals surface area contributed by atoms with Crippen LogP contribution in [0.15, 0.2) is 12.2 Å². The maximum Gasteiger partial charge on any atom is 0.186 e. The van der Waals surface area contributed by atoms with Crippen LogP contribution in [-0.2, 0) is 9.47 Å². The minimum absolute atomic E-state index is 0.0252. The van der Waals surface area contributed by atoms with Gasteiger partial charge in [0.25, 0.3) is 0 Å². The number of fused-ring (bicyclic) bond motifs is 2. The van der Waals surface area contributed by atoms with Gasteiger partial charge in [0.1, 0.15) is 18.3 Å².